The molecule has 0 aromatic rings. The lowest BCUT2D eigenvalue weighted by atomic mass is 9.86. The fourth-order valence-corrected chi connectivity index (χ4v) is 1.70. The largest absolute Gasteiger partial charge is 0.466 e. The Morgan fingerprint density at radius 1 is 1.54 bits per heavy atom. The van der Waals surface area contributed by atoms with Crippen molar-refractivity contribution in [2.24, 2.45) is 11.7 Å². The minimum atomic E-state index is -0.0624. The van der Waals surface area contributed by atoms with Crippen molar-refractivity contribution in [3.05, 3.63) is 0 Å². The Morgan fingerprint density at radius 2 is 2.23 bits per heavy atom. The van der Waals surface area contributed by atoms with Gasteiger partial charge in [0, 0.05) is 6.04 Å². The summed E-state index contributed by atoms with van der Waals surface area (Å²) < 4.78 is 4.94. The number of nitrogens with two attached hydrogens (primary N) is 1. The van der Waals surface area contributed by atoms with Crippen molar-refractivity contribution in [1.29, 1.82) is 0 Å². The molecular weight excluding hydrogens is 190 g/mol. The number of carbonyl (C=O) groups is 1. The standard InChI is InChI=1S/C9H17NO2.ClH/c1-2-12-9(11)7-4-3-5-8(10)6-7;/h7-8H,2-6,10H2,1H3;1H/t7-,8+;/m1./s1. The van der Waals surface area contributed by atoms with E-state index in [0.717, 1.165) is 25.7 Å². The van der Waals surface area contributed by atoms with Crippen LogP contribution in [0.5, 0.6) is 0 Å². The third-order valence-electron chi connectivity index (χ3n) is 2.33. The van der Waals surface area contributed by atoms with E-state index in [1.54, 1.807) is 0 Å². The summed E-state index contributed by atoms with van der Waals surface area (Å²) >= 11 is 0. The maximum absolute atomic E-state index is 11.3. The molecule has 78 valence electrons. The van der Waals surface area contributed by atoms with Gasteiger partial charge in [0.25, 0.3) is 0 Å². The summed E-state index contributed by atoms with van der Waals surface area (Å²) in [5, 5.41) is 0. The van der Waals surface area contributed by atoms with Crippen molar-refractivity contribution in [2.45, 2.75) is 38.6 Å². The first-order valence-electron chi connectivity index (χ1n) is 4.66. The zero-order valence-corrected chi connectivity index (χ0v) is 8.81. The highest BCUT2D eigenvalue weighted by Gasteiger charge is 2.25. The van der Waals surface area contributed by atoms with Gasteiger partial charge < -0.3 is 10.5 Å². The Morgan fingerprint density at radius 3 is 2.77 bits per heavy atom. The number of rotatable bonds is 2. The molecule has 0 aromatic heterocycles. The number of halogens is 1. The van der Waals surface area contributed by atoms with Crippen molar-refractivity contribution >= 4 is 18.4 Å². The van der Waals surface area contributed by atoms with E-state index in [0.29, 0.717) is 6.61 Å². The molecule has 0 radical (unpaired) electrons. The van der Waals surface area contributed by atoms with E-state index in [1.807, 2.05) is 6.92 Å². The van der Waals surface area contributed by atoms with Crippen LogP contribution < -0.4 is 5.73 Å². The predicted molar refractivity (Wildman–Crippen MR) is 53.8 cm³/mol. The molecule has 1 aliphatic rings. The van der Waals surface area contributed by atoms with Crippen molar-refractivity contribution in [3.63, 3.8) is 0 Å². The molecule has 0 aromatic carbocycles. The second-order valence-corrected chi connectivity index (χ2v) is 3.38. The highest BCUT2D eigenvalue weighted by Crippen LogP contribution is 2.23. The van der Waals surface area contributed by atoms with Gasteiger partial charge in [-0.05, 0) is 26.2 Å². The third kappa shape index (κ3) is 3.96. The molecule has 13 heavy (non-hydrogen) atoms. The van der Waals surface area contributed by atoms with Gasteiger partial charge in [-0.3, -0.25) is 4.79 Å². The lowest BCUT2D eigenvalue weighted by molar-refractivity contribution is -0.149. The molecule has 3 nitrogen and oxygen atoms in total. The second kappa shape index (κ2) is 6.22. The average Bonchev–Trinajstić information content (AvgIpc) is 2.05. The molecule has 2 atom stereocenters. The van der Waals surface area contributed by atoms with Crippen LogP contribution in [0, 0.1) is 5.92 Å². The number of hydrogen-bond donors (Lipinski definition) is 1. The van der Waals surface area contributed by atoms with Crippen LogP contribution in [0.15, 0.2) is 0 Å². The van der Waals surface area contributed by atoms with E-state index < -0.39 is 0 Å². The van der Waals surface area contributed by atoms with Crippen LogP contribution >= 0.6 is 12.4 Å². The van der Waals surface area contributed by atoms with Gasteiger partial charge >= 0.3 is 5.97 Å². The zero-order chi connectivity index (χ0) is 8.97. The summed E-state index contributed by atoms with van der Waals surface area (Å²) in [7, 11) is 0. The lowest BCUT2D eigenvalue weighted by Gasteiger charge is -2.24. The monoisotopic (exact) mass is 207 g/mol. The third-order valence-corrected chi connectivity index (χ3v) is 2.33. The highest BCUT2D eigenvalue weighted by molar-refractivity contribution is 5.85. The van der Waals surface area contributed by atoms with E-state index in [9.17, 15) is 4.79 Å². The molecule has 0 bridgehead atoms. The number of ether oxygens (including phenoxy) is 1. The van der Waals surface area contributed by atoms with Gasteiger partial charge in [-0.1, -0.05) is 6.42 Å². The minimum Gasteiger partial charge on any atom is -0.466 e. The topological polar surface area (TPSA) is 52.3 Å². The van der Waals surface area contributed by atoms with E-state index in [4.69, 9.17) is 10.5 Å². The lowest BCUT2D eigenvalue weighted by Crippen LogP contribution is -2.32. The Kier molecular flexibility index (Phi) is 6.08. The molecule has 4 heteroatoms. The Bertz CT molecular complexity index is 164. The quantitative estimate of drug-likeness (QED) is 0.699. The zero-order valence-electron chi connectivity index (χ0n) is 7.99. The molecular formula is C9H18ClNO2. The van der Waals surface area contributed by atoms with Crippen molar-refractivity contribution in [2.75, 3.05) is 6.61 Å². The molecule has 0 heterocycles. The predicted octanol–water partition coefficient (Wildman–Crippen LogP) is 1.49. The molecule has 0 unspecified atom stereocenters. The molecule has 2 N–H and O–H groups in total. The Hall–Kier alpha value is -0.280. The average molecular weight is 208 g/mol. The van der Waals surface area contributed by atoms with Crippen LogP contribution in [0.1, 0.15) is 32.6 Å². The van der Waals surface area contributed by atoms with Crippen LogP contribution in [-0.2, 0) is 9.53 Å². The molecule has 1 fully saturated rings. The van der Waals surface area contributed by atoms with Crippen molar-refractivity contribution in [3.8, 4) is 0 Å². The van der Waals surface area contributed by atoms with Gasteiger partial charge in [-0.25, -0.2) is 0 Å². The van der Waals surface area contributed by atoms with Crippen LogP contribution in [0.3, 0.4) is 0 Å². The molecule has 1 rings (SSSR count). The van der Waals surface area contributed by atoms with Gasteiger partial charge in [0.15, 0.2) is 0 Å². The molecule has 0 spiro atoms. The summed E-state index contributed by atoms with van der Waals surface area (Å²) in [6, 6.07) is 0.202. The number of hydrogen-bond acceptors (Lipinski definition) is 3. The Labute approximate surface area is 85.4 Å². The summed E-state index contributed by atoms with van der Waals surface area (Å²) in [5.41, 5.74) is 5.75. The molecule has 0 amide bonds. The first-order valence-corrected chi connectivity index (χ1v) is 4.66. The first kappa shape index (κ1) is 12.7. The highest BCUT2D eigenvalue weighted by atomic mass is 35.5. The number of esters is 1. The second-order valence-electron chi connectivity index (χ2n) is 3.38. The van der Waals surface area contributed by atoms with Crippen molar-refractivity contribution in [1.82, 2.24) is 0 Å². The molecule has 1 saturated carbocycles. The van der Waals surface area contributed by atoms with Crippen molar-refractivity contribution < 1.29 is 9.53 Å². The van der Waals surface area contributed by atoms with Crippen LogP contribution in [0.4, 0.5) is 0 Å². The van der Waals surface area contributed by atoms with Gasteiger partial charge in [0.1, 0.15) is 0 Å². The summed E-state index contributed by atoms with van der Waals surface area (Å²) in [6.45, 7) is 2.31. The van der Waals surface area contributed by atoms with E-state index in [2.05, 4.69) is 0 Å². The first-order chi connectivity index (χ1) is 5.74. The molecule has 1 aliphatic carbocycles. The maximum atomic E-state index is 11.3. The number of carbonyl (C=O) groups excluding carboxylic acids is 1. The van der Waals surface area contributed by atoms with E-state index >= 15 is 0 Å². The van der Waals surface area contributed by atoms with Crippen LogP contribution in [-0.4, -0.2) is 18.6 Å². The normalized spacial score (nSPS) is 27.5. The van der Waals surface area contributed by atoms with E-state index in [-0.39, 0.29) is 30.3 Å². The van der Waals surface area contributed by atoms with Gasteiger partial charge in [0.2, 0.25) is 0 Å². The van der Waals surface area contributed by atoms with E-state index in [1.165, 1.54) is 0 Å². The molecule has 0 saturated heterocycles. The smallest absolute Gasteiger partial charge is 0.308 e. The maximum Gasteiger partial charge on any atom is 0.308 e. The minimum absolute atomic E-state index is 0. The van der Waals surface area contributed by atoms with Crippen LogP contribution in [0.25, 0.3) is 0 Å². The summed E-state index contributed by atoms with van der Waals surface area (Å²) in [4.78, 5) is 11.3. The SMILES string of the molecule is CCOC(=O)[C@@H]1CCC[C@H](N)C1.Cl. The molecule has 0 aliphatic heterocycles. The van der Waals surface area contributed by atoms with Crippen LogP contribution in [0.2, 0.25) is 0 Å². The van der Waals surface area contributed by atoms with Gasteiger partial charge in [-0.2, -0.15) is 0 Å². The fraction of sp³-hybridized carbons (Fsp3) is 0.889. The van der Waals surface area contributed by atoms with Gasteiger partial charge in [0.05, 0.1) is 12.5 Å². The summed E-state index contributed by atoms with van der Waals surface area (Å²) in [5.74, 6) is 0.00125. The Balaban J connectivity index is 0.00000144. The fourth-order valence-electron chi connectivity index (χ4n) is 1.70. The summed E-state index contributed by atoms with van der Waals surface area (Å²) in [6.07, 6.45) is 3.87. The van der Waals surface area contributed by atoms with Gasteiger partial charge in [-0.15, -0.1) is 12.4 Å².